The van der Waals surface area contributed by atoms with Gasteiger partial charge in [-0.1, -0.05) is 23.8 Å². The van der Waals surface area contributed by atoms with Gasteiger partial charge in [0.25, 0.3) is 5.69 Å². The van der Waals surface area contributed by atoms with E-state index in [0.29, 0.717) is 12.1 Å². The number of carboxylic acid groups (broad SMARTS) is 1. The number of hydrogen-bond acceptors (Lipinski definition) is 4. The number of nitrogens with one attached hydrogen (secondary N) is 1. The molecule has 0 fully saturated rings. The number of benzene rings is 1. The maximum atomic E-state index is 11.1. The zero-order chi connectivity index (χ0) is 14.4. The predicted octanol–water partition coefficient (Wildman–Crippen LogP) is 2.35. The highest BCUT2D eigenvalue weighted by atomic mass is 16.6. The monoisotopic (exact) mass is 264 g/mol. The Balaban J connectivity index is 2.94. The topological polar surface area (TPSA) is 92.5 Å². The summed E-state index contributed by atoms with van der Waals surface area (Å²) in [5, 5.41) is 22.9. The van der Waals surface area contributed by atoms with Crippen LogP contribution in [-0.2, 0) is 6.54 Å². The molecule has 1 aromatic rings. The molecule has 102 valence electrons. The number of rotatable bonds is 6. The molecular weight excluding hydrogens is 248 g/mol. The standard InChI is InChI=1S/C13H16N2O4/c1-9(2)6-7-14-8-10-4-3-5-11(15(18)19)12(10)13(16)17/h3-6,14H,7-8H2,1-2H3,(H,16,17). The number of nitrogens with zero attached hydrogens (tertiary/aromatic N) is 1. The Morgan fingerprint density at radius 3 is 2.68 bits per heavy atom. The Morgan fingerprint density at radius 1 is 1.47 bits per heavy atom. The molecule has 0 aliphatic rings. The van der Waals surface area contributed by atoms with Gasteiger partial charge in [-0.2, -0.15) is 0 Å². The minimum Gasteiger partial charge on any atom is -0.477 e. The third kappa shape index (κ3) is 4.18. The Kier molecular flexibility index (Phi) is 5.20. The summed E-state index contributed by atoms with van der Waals surface area (Å²) in [5.74, 6) is -1.29. The van der Waals surface area contributed by atoms with Crippen molar-refractivity contribution in [3.8, 4) is 0 Å². The summed E-state index contributed by atoms with van der Waals surface area (Å²) in [6.07, 6.45) is 1.96. The second-order valence-electron chi connectivity index (χ2n) is 4.29. The zero-order valence-electron chi connectivity index (χ0n) is 10.8. The summed E-state index contributed by atoms with van der Waals surface area (Å²) in [6, 6.07) is 4.26. The summed E-state index contributed by atoms with van der Waals surface area (Å²) in [7, 11) is 0. The third-order valence-corrected chi connectivity index (χ3v) is 2.51. The van der Waals surface area contributed by atoms with Crippen molar-refractivity contribution in [2.24, 2.45) is 0 Å². The number of carboxylic acids is 1. The van der Waals surface area contributed by atoms with E-state index in [0.717, 1.165) is 5.57 Å². The maximum absolute atomic E-state index is 11.1. The second-order valence-corrected chi connectivity index (χ2v) is 4.29. The van der Waals surface area contributed by atoms with Crippen LogP contribution < -0.4 is 5.32 Å². The van der Waals surface area contributed by atoms with E-state index < -0.39 is 10.9 Å². The van der Waals surface area contributed by atoms with Gasteiger partial charge >= 0.3 is 5.97 Å². The van der Waals surface area contributed by atoms with Crippen molar-refractivity contribution in [1.29, 1.82) is 0 Å². The van der Waals surface area contributed by atoms with E-state index in [1.54, 1.807) is 6.07 Å². The molecular formula is C13H16N2O4. The molecule has 6 nitrogen and oxygen atoms in total. The van der Waals surface area contributed by atoms with Crippen LogP contribution in [0.5, 0.6) is 0 Å². The molecule has 0 aliphatic heterocycles. The van der Waals surface area contributed by atoms with Crippen molar-refractivity contribution in [1.82, 2.24) is 5.32 Å². The zero-order valence-corrected chi connectivity index (χ0v) is 10.8. The normalized spacial score (nSPS) is 10.0. The first-order chi connectivity index (χ1) is 8.93. The summed E-state index contributed by atoms with van der Waals surface area (Å²) in [4.78, 5) is 21.3. The molecule has 0 radical (unpaired) electrons. The van der Waals surface area contributed by atoms with Crippen molar-refractivity contribution in [2.45, 2.75) is 20.4 Å². The van der Waals surface area contributed by atoms with Gasteiger partial charge in [0.05, 0.1) is 4.92 Å². The SMILES string of the molecule is CC(C)=CCNCc1cccc([N+](=O)[O-])c1C(=O)O. The fourth-order valence-electron chi connectivity index (χ4n) is 1.62. The molecule has 1 rings (SSSR count). The molecule has 0 bridgehead atoms. The van der Waals surface area contributed by atoms with Crippen LogP contribution >= 0.6 is 0 Å². The lowest BCUT2D eigenvalue weighted by atomic mass is 10.1. The van der Waals surface area contributed by atoms with Crippen molar-refractivity contribution in [2.75, 3.05) is 6.54 Å². The Hall–Kier alpha value is -2.21. The summed E-state index contributed by atoms with van der Waals surface area (Å²) >= 11 is 0. The second kappa shape index (κ2) is 6.65. The van der Waals surface area contributed by atoms with Crippen LogP contribution in [0.1, 0.15) is 29.8 Å². The van der Waals surface area contributed by atoms with Gasteiger partial charge in [0.1, 0.15) is 5.56 Å². The van der Waals surface area contributed by atoms with Gasteiger partial charge in [-0.25, -0.2) is 4.79 Å². The van der Waals surface area contributed by atoms with Gasteiger partial charge in [0.15, 0.2) is 0 Å². The molecule has 0 saturated carbocycles. The van der Waals surface area contributed by atoms with Crippen LogP contribution in [0.3, 0.4) is 0 Å². The van der Waals surface area contributed by atoms with Crippen molar-refractivity contribution >= 4 is 11.7 Å². The number of nitro benzene ring substituents is 1. The Morgan fingerprint density at radius 2 is 2.16 bits per heavy atom. The minimum atomic E-state index is -1.29. The lowest BCUT2D eigenvalue weighted by Gasteiger charge is -2.07. The van der Waals surface area contributed by atoms with Crippen LogP contribution in [0.15, 0.2) is 29.8 Å². The van der Waals surface area contributed by atoms with E-state index in [1.165, 1.54) is 12.1 Å². The van der Waals surface area contributed by atoms with Crippen molar-refractivity contribution in [3.05, 3.63) is 51.1 Å². The van der Waals surface area contributed by atoms with Crippen LogP contribution in [0.2, 0.25) is 0 Å². The van der Waals surface area contributed by atoms with Crippen LogP contribution in [-0.4, -0.2) is 22.5 Å². The molecule has 0 saturated heterocycles. The summed E-state index contributed by atoms with van der Waals surface area (Å²) in [6.45, 7) is 4.77. The van der Waals surface area contributed by atoms with Gasteiger partial charge in [0, 0.05) is 19.2 Å². The highest BCUT2D eigenvalue weighted by Crippen LogP contribution is 2.22. The Labute approximate surface area is 110 Å². The van der Waals surface area contributed by atoms with E-state index in [1.807, 2.05) is 19.9 Å². The predicted molar refractivity (Wildman–Crippen MR) is 71.2 cm³/mol. The number of allylic oxidation sites excluding steroid dienone is 1. The summed E-state index contributed by atoms with van der Waals surface area (Å²) < 4.78 is 0. The summed E-state index contributed by atoms with van der Waals surface area (Å²) in [5.41, 5.74) is 0.917. The molecule has 0 spiro atoms. The van der Waals surface area contributed by atoms with E-state index in [-0.39, 0.29) is 17.8 Å². The molecule has 6 heteroatoms. The first-order valence-corrected chi connectivity index (χ1v) is 5.77. The molecule has 0 aromatic heterocycles. The van der Waals surface area contributed by atoms with Gasteiger partial charge in [0.2, 0.25) is 0 Å². The highest BCUT2D eigenvalue weighted by molar-refractivity contribution is 5.94. The molecule has 0 unspecified atom stereocenters. The molecule has 0 atom stereocenters. The number of hydrogen-bond donors (Lipinski definition) is 2. The van der Waals surface area contributed by atoms with Crippen LogP contribution in [0.25, 0.3) is 0 Å². The number of carbonyl (C=O) groups is 1. The first-order valence-electron chi connectivity index (χ1n) is 5.77. The smallest absolute Gasteiger partial charge is 0.343 e. The van der Waals surface area contributed by atoms with E-state index in [4.69, 9.17) is 5.11 Å². The molecule has 2 N–H and O–H groups in total. The largest absolute Gasteiger partial charge is 0.477 e. The minimum absolute atomic E-state index is 0.253. The molecule has 19 heavy (non-hydrogen) atoms. The lowest BCUT2D eigenvalue weighted by molar-refractivity contribution is -0.385. The maximum Gasteiger partial charge on any atom is 0.343 e. The number of nitro groups is 1. The first kappa shape index (κ1) is 14.8. The molecule has 0 aliphatic carbocycles. The third-order valence-electron chi connectivity index (χ3n) is 2.51. The van der Waals surface area contributed by atoms with Crippen molar-refractivity contribution in [3.63, 3.8) is 0 Å². The average Bonchev–Trinajstić information content (AvgIpc) is 2.33. The molecule has 1 aromatic carbocycles. The van der Waals surface area contributed by atoms with Crippen molar-refractivity contribution < 1.29 is 14.8 Å². The van der Waals surface area contributed by atoms with E-state index in [9.17, 15) is 14.9 Å². The fourth-order valence-corrected chi connectivity index (χ4v) is 1.62. The van der Waals surface area contributed by atoms with Gasteiger partial charge in [-0.05, 0) is 19.4 Å². The lowest BCUT2D eigenvalue weighted by Crippen LogP contribution is -2.17. The van der Waals surface area contributed by atoms with Gasteiger partial charge in [-0.15, -0.1) is 0 Å². The van der Waals surface area contributed by atoms with Gasteiger partial charge < -0.3 is 10.4 Å². The average molecular weight is 264 g/mol. The van der Waals surface area contributed by atoms with Crippen LogP contribution in [0, 0.1) is 10.1 Å². The van der Waals surface area contributed by atoms with E-state index in [2.05, 4.69) is 5.32 Å². The fraction of sp³-hybridized carbons (Fsp3) is 0.308. The quantitative estimate of drug-likeness (QED) is 0.356. The van der Waals surface area contributed by atoms with E-state index >= 15 is 0 Å². The van der Waals surface area contributed by atoms with Crippen LogP contribution in [0.4, 0.5) is 5.69 Å². The highest BCUT2D eigenvalue weighted by Gasteiger charge is 2.22. The number of aromatic carboxylic acids is 1. The van der Waals surface area contributed by atoms with Gasteiger partial charge in [-0.3, -0.25) is 10.1 Å². The molecule has 0 heterocycles. The molecule has 0 amide bonds. The Bertz CT molecular complexity index is 519.